The zero-order valence-corrected chi connectivity index (χ0v) is 8.16. The first-order valence-electron chi connectivity index (χ1n) is 3.31. The van der Waals surface area contributed by atoms with Crippen LogP contribution in [0.5, 0.6) is 0 Å². The van der Waals surface area contributed by atoms with E-state index in [4.69, 9.17) is 5.73 Å². The Bertz CT molecular complexity index is 386. The molecule has 5 nitrogen and oxygen atoms in total. The summed E-state index contributed by atoms with van der Waals surface area (Å²) in [6.45, 7) is 0. The summed E-state index contributed by atoms with van der Waals surface area (Å²) in [5, 5.41) is 10.4. The summed E-state index contributed by atoms with van der Waals surface area (Å²) in [6, 6.07) is 0. The molecule has 1 rings (SSSR count). The van der Waals surface area contributed by atoms with Crippen molar-refractivity contribution >= 4 is 27.4 Å². The molecule has 1 heterocycles. The molecule has 0 atom stereocenters. The van der Waals surface area contributed by atoms with E-state index >= 15 is 0 Å². The largest absolute Gasteiger partial charge is 0.378 e. The third kappa shape index (κ3) is 1.79. The molecule has 0 aliphatic heterocycles. The van der Waals surface area contributed by atoms with Crippen molar-refractivity contribution < 1.29 is 13.7 Å². The molecule has 0 aliphatic rings. The van der Waals surface area contributed by atoms with Crippen LogP contribution in [0.4, 0.5) is 20.3 Å². The van der Waals surface area contributed by atoms with Gasteiger partial charge in [-0.3, -0.25) is 10.1 Å². The van der Waals surface area contributed by atoms with Gasteiger partial charge >= 0.3 is 5.69 Å². The third-order valence-electron chi connectivity index (χ3n) is 1.46. The maximum Gasteiger partial charge on any atom is 0.325 e. The number of halogens is 3. The van der Waals surface area contributed by atoms with E-state index in [0.29, 0.717) is 0 Å². The number of pyridine rings is 1. The molecule has 0 saturated carbocycles. The summed E-state index contributed by atoms with van der Waals surface area (Å²) >= 11 is 2.69. The van der Waals surface area contributed by atoms with Crippen molar-refractivity contribution in [3.63, 3.8) is 0 Å². The molecule has 76 valence electrons. The smallest absolute Gasteiger partial charge is 0.325 e. The molecule has 14 heavy (non-hydrogen) atoms. The number of nitrogens with two attached hydrogens (primary N) is 1. The van der Waals surface area contributed by atoms with Crippen LogP contribution in [0.25, 0.3) is 0 Å². The number of nitrogens with zero attached hydrogens (tertiary/aromatic N) is 2. The highest BCUT2D eigenvalue weighted by Crippen LogP contribution is 2.36. The van der Waals surface area contributed by atoms with E-state index < -0.39 is 28.4 Å². The Balaban J connectivity index is 3.41. The maximum absolute atomic E-state index is 12.3. The van der Waals surface area contributed by atoms with Gasteiger partial charge in [0.25, 0.3) is 6.43 Å². The fraction of sp³-hybridized carbons (Fsp3) is 0.167. The second-order valence-corrected chi connectivity index (χ2v) is 3.11. The van der Waals surface area contributed by atoms with E-state index in [2.05, 4.69) is 20.9 Å². The standard InChI is InChI=1S/C6H4BrF2N3O2/c7-3-2(5(8)9)1-11-6(10)4(3)12(13)14/h1,5H,(H2,10,11). The van der Waals surface area contributed by atoms with E-state index in [-0.39, 0.29) is 4.47 Å². The summed E-state index contributed by atoms with van der Waals surface area (Å²) in [7, 11) is 0. The minimum atomic E-state index is -2.84. The first kappa shape index (κ1) is 10.8. The van der Waals surface area contributed by atoms with Crippen LogP contribution >= 0.6 is 15.9 Å². The van der Waals surface area contributed by atoms with Crippen LogP contribution in [0.2, 0.25) is 0 Å². The lowest BCUT2D eigenvalue weighted by Crippen LogP contribution is -2.02. The Hall–Kier alpha value is -1.31. The third-order valence-corrected chi connectivity index (χ3v) is 2.30. The van der Waals surface area contributed by atoms with Crippen molar-refractivity contribution in [1.82, 2.24) is 4.98 Å². The number of nitrogen functional groups attached to an aromatic ring is 1. The average Bonchev–Trinajstić information content (AvgIpc) is 2.02. The number of hydrogen-bond acceptors (Lipinski definition) is 4. The summed E-state index contributed by atoms with van der Waals surface area (Å²) in [6.07, 6.45) is -2.03. The van der Waals surface area contributed by atoms with Gasteiger partial charge in [-0.2, -0.15) is 0 Å². The normalized spacial score (nSPS) is 10.6. The molecule has 0 unspecified atom stereocenters. The Morgan fingerprint density at radius 3 is 2.64 bits per heavy atom. The lowest BCUT2D eigenvalue weighted by atomic mass is 10.2. The second kappa shape index (κ2) is 3.82. The number of rotatable bonds is 2. The second-order valence-electron chi connectivity index (χ2n) is 2.32. The van der Waals surface area contributed by atoms with Crippen LogP contribution in [-0.2, 0) is 0 Å². The Labute approximate surface area is 85.2 Å². The van der Waals surface area contributed by atoms with E-state index in [1.807, 2.05) is 0 Å². The number of alkyl halides is 2. The van der Waals surface area contributed by atoms with Crippen LogP contribution in [0.1, 0.15) is 12.0 Å². The van der Waals surface area contributed by atoms with Gasteiger partial charge in [0.1, 0.15) is 4.47 Å². The number of hydrogen-bond donors (Lipinski definition) is 1. The van der Waals surface area contributed by atoms with Crippen LogP contribution in [0.3, 0.4) is 0 Å². The highest BCUT2D eigenvalue weighted by molar-refractivity contribution is 9.10. The van der Waals surface area contributed by atoms with Crippen LogP contribution in [-0.4, -0.2) is 9.91 Å². The van der Waals surface area contributed by atoms with Gasteiger partial charge in [0, 0.05) is 6.20 Å². The fourth-order valence-electron chi connectivity index (χ4n) is 0.832. The molecule has 0 aliphatic carbocycles. The molecule has 2 N–H and O–H groups in total. The SMILES string of the molecule is Nc1ncc(C(F)F)c(Br)c1[N+](=O)[O-]. The number of nitro groups is 1. The molecule has 1 aromatic rings. The monoisotopic (exact) mass is 267 g/mol. The molecule has 1 aromatic heterocycles. The van der Waals surface area contributed by atoms with Crippen molar-refractivity contribution in [3.8, 4) is 0 Å². The van der Waals surface area contributed by atoms with Crippen LogP contribution < -0.4 is 5.73 Å². The number of anilines is 1. The molecular formula is C6H4BrF2N3O2. The molecule has 0 spiro atoms. The zero-order chi connectivity index (χ0) is 10.9. The van der Waals surface area contributed by atoms with Crippen molar-refractivity contribution in [1.29, 1.82) is 0 Å². The quantitative estimate of drug-likeness (QED) is 0.658. The minimum absolute atomic E-state index is 0.329. The molecule has 0 bridgehead atoms. The Morgan fingerprint density at radius 1 is 1.64 bits per heavy atom. The average molecular weight is 268 g/mol. The van der Waals surface area contributed by atoms with E-state index in [0.717, 1.165) is 6.20 Å². The molecule has 0 aromatic carbocycles. The predicted molar refractivity (Wildman–Crippen MR) is 48.0 cm³/mol. The summed E-state index contributed by atoms with van der Waals surface area (Å²) < 4.78 is 24.2. The van der Waals surface area contributed by atoms with E-state index in [1.165, 1.54) is 0 Å². The Morgan fingerprint density at radius 2 is 2.21 bits per heavy atom. The van der Waals surface area contributed by atoms with Gasteiger partial charge in [-0.1, -0.05) is 0 Å². The molecule has 0 amide bonds. The topological polar surface area (TPSA) is 82.0 Å². The van der Waals surface area contributed by atoms with Crippen molar-refractivity contribution in [2.45, 2.75) is 6.43 Å². The van der Waals surface area contributed by atoms with Gasteiger partial charge in [-0.05, 0) is 15.9 Å². The van der Waals surface area contributed by atoms with Gasteiger partial charge in [-0.25, -0.2) is 13.8 Å². The maximum atomic E-state index is 12.3. The molecule has 0 radical (unpaired) electrons. The summed E-state index contributed by atoms with van der Waals surface area (Å²) in [4.78, 5) is 12.9. The number of aromatic nitrogens is 1. The highest BCUT2D eigenvalue weighted by atomic mass is 79.9. The van der Waals surface area contributed by atoms with Gasteiger partial charge < -0.3 is 5.73 Å². The fourth-order valence-corrected chi connectivity index (χ4v) is 1.46. The highest BCUT2D eigenvalue weighted by Gasteiger charge is 2.25. The lowest BCUT2D eigenvalue weighted by molar-refractivity contribution is -0.385. The van der Waals surface area contributed by atoms with E-state index in [1.54, 1.807) is 0 Å². The van der Waals surface area contributed by atoms with Crippen LogP contribution in [0, 0.1) is 10.1 Å². The summed E-state index contributed by atoms with van der Waals surface area (Å²) in [5.74, 6) is -0.397. The predicted octanol–water partition coefficient (Wildman–Crippen LogP) is 2.27. The molecule has 0 fully saturated rings. The first-order chi connectivity index (χ1) is 6.45. The summed E-state index contributed by atoms with van der Waals surface area (Å²) in [5.41, 5.74) is 3.98. The molecular weight excluding hydrogens is 264 g/mol. The van der Waals surface area contributed by atoms with Crippen molar-refractivity contribution in [2.24, 2.45) is 0 Å². The van der Waals surface area contributed by atoms with Crippen molar-refractivity contribution in [2.75, 3.05) is 5.73 Å². The first-order valence-corrected chi connectivity index (χ1v) is 4.11. The lowest BCUT2D eigenvalue weighted by Gasteiger charge is -2.04. The zero-order valence-electron chi connectivity index (χ0n) is 6.58. The van der Waals surface area contributed by atoms with Gasteiger partial charge in [-0.15, -0.1) is 0 Å². The molecule has 8 heteroatoms. The van der Waals surface area contributed by atoms with Gasteiger partial charge in [0.2, 0.25) is 5.82 Å². The van der Waals surface area contributed by atoms with Gasteiger partial charge in [0.05, 0.1) is 10.5 Å². The Kier molecular flexibility index (Phi) is 2.94. The van der Waals surface area contributed by atoms with Crippen molar-refractivity contribution in [3.05, 3.63) is 26.3 Å². The molecule has 0 saturated heterocycles. The van der Waals surface area contributed by atoms with Gasteiger partial charge in [0.15, 0.2) is 0 Å². The van der Waals surface area contributed by atoms with Crippen LogP contribution in [0.15, 0.2) is 10.7 Å². The minimum Gasteiger partial charge on any atom is -0.378 e. The van der Waals surface area contributed by atoms with E-state index in [9.17, 15) is 18.9 Å².